The fourth-order valence-electron chi connectivity index (χ4n) is 2.23. The highest BCUT2D eigenvalue weighted by Crippen LogP contribution is 2.35. The maximum atomic E-state index is 12.7. The molecule has 0 aliphatic carbocycles. The van der Waals surface area contributed by atoms with E-state index < -0.39 is 26.7 Å². The molecule has 0 unspecified atom stereocenters. The van der Waals surface area contributed by atoms with E-state index in [9.17, 15) is 21.6 Å². The van der Waals surface area contributed by atoms with Crippen molar-refractivity contribution >= 4 is 10.0 Å². The van der Waals surface area contributed by atoms with Crippen LogP contribution in [0.5, 0.6) is 17.2 Å². The van der Waals surface area contributed by atoms with Crippen LogP contribution in [0.1, 0.15) is 5.56 Å². The molecule has 0 saturated carbocycles. The van der Waals surface area contributed by atoms with Gasteiger partial charge in [-0.15, -0.1) is 0 Å². The van der Waals surface area contributed by atoms with Crippen LogP contribution < -0.4 is 18.9 Å². The largest absolute Gasteiger partial charge is 0.492 e. The first kappa shape index (κ1) is 18.3. The third-order valence-corrected chi connectivity index (χ3v) is 4.94. The highest BCUT2D eigenvalue weighted by atomic mass is 32.2. The van der Waals surface area contributed by atoms with Crippen molar-refractivity contribution in [3.8, 4) is 17.2 Å². The molecule has 26 heavy (non-hydrogen) atoms. The Bertz CT molecular complexity index is 899. The molecule has 140 valence electrons. The zero-order valence-electron chi connectivity index (χ0n) is 13.2. The van der Waals surface area contributed by atoms with Crippen molar-refractivity contribution in [3.05, 3.63) is 48.0 Å². The molecule has 10 heteroatoms. The number of ether oxygens (including phenoxy) is 3. The van der Waals surface area contributed by atoms with Gasteiger partial charge in [0.1, 0.15) is 12.4 Å². The van der Waals surface area contributed by atoms with Crippen molar-refractivity contribution in [2.24, 2.45) is 0 Å². The molecule has 0 bridgehead atoms. The number of nitrogens with one attached hydrogen (secondary N) is 1. The SMILES string of the molecule is O=S(=O)(NCCOc1ccc2c(c1)OCO2)c1cccc(C(F)(F)F)c1. The van der Waals surface area contributed by atoms with Gasteiger partial charge in [-0.05, 0) is 30.3 Å². The fourth-order valence-corrected chi connectivity index (χ4v) is 3.29. The number of benzene rings is 2. The molecule has 1 heterocycles. The lowest BCUT2D eigenvalue weighted by atomic mass is 10.2. The number of sulfonamides is 1. The summed E-state index contributed by atoms with van der Waals surface area (Å²) in [5.41, 5.74) is -1.03. The van der Waals surface area contributed by atoms with Crippen LogP contribution in [0.4, 0.5) is 13.2 Å². The minimum atomic E-state index is -4.62. The second-order valence-corrected chi connectivity index (χ2v) is 7.05. The van der Waals surface area contributed by atoms with Gasteiger partial charge in [-0.2, -0.15) is 13.2 Å². The van der Waals surface area contributed by atoms with Crippen molar-refractivity contribution < 1.29 is 35.8 Å². The maximum Gasteiger partial charge on any atom is 0.416 e. The molecule has 0 aromatic heterocycles. The highest BCUT2D eigenvalue weighted by Gasteiger charge is 2.31. The van der Waals surface area contributed by atoms with Crippen LogP contribution in [-0.2, 0) is 16.2 Å². The topological polar surface area (TPSA) is 73.9 Å². The number of halogens is 3. The summed E-state index contributed by atoms with van der Waals surface area (Å²) in [4.78, 5) is -0.463. The van der Waals surface area contributed by atoms with Crippen LogP contribution in [-0.4, -0.2) is 28.4 Å². The summed E-state index contributed by atoms with van der Waals surface area (Å²) in [6.07, 6.45) is -4.62. The Balaban J connectivity index is 1.57. The Morgan fingerprint density at radius 3 is 2.62 bits per heavy atom. The summed E-state index contributed by atoms with van der Waals surface area (Å²) < 4.78 is 80.2. The molecule has 0 amide bonds. The van der Waals surface area contributed by atoms with Crippen LogP contribution in [0, 0.1) is 0 Å². The molecular weight excluding hydrogens is 375 g/mol. The average Bonchev–Trinajstić information content (AvgIpc) is 3.06. The second-order valence-electron chi connectivity index (χ2n) is 5.29. The van der Waals surface area contributed by atoms with Gasteiger partial charge in [0.25, 0.3) is 0 Å². The maximum absolute atomic E-state index is 12.7. The molecule has 6 nitrogen and oxygen atoms in total. The van der Waals surface area contributed by atoms with E-state index in [-0.39, 0.29) is 19.9 Å². The molecular formula is C16H14F3NO5S. The lowest BCUT2D eigenvalue weighted by molar-refractivity contribution is -0.137. The van der Waals surface area contributed by atoms with Gasteiger partial charge in [0.15, 0.2) is 11.5 Å². The average molecular weight is 389 g/mol. The van der Waals surface area contributed by atoms with E-state index in [0.717, 1.165) is 18.2 Å². The molecule has 2 aromatic carbocycles. The number of hydrogen-bond donors (Lipinski definition) is 1. The van der Waals surface area contributed by atoms with Crippen LogP contribution in [0.3, 0.4) is 0 Å². The third-order valence-electron chi connectivity index (χ3n) is 3.48. The summed E-state index contributed by atoms with van der Waals surface area (Å²) in [6, 6.07) is 8.42. The summed E-state index contributed by atoms with van der Waals surface area (Å²) in [5, 5.41) is 0. The van der Waals surface area contributed by atoms with Gasteiger partial charge in [0, 0.05) is 12.6 Å². The summed E-state index contributed by atoms with van der Waals surface area (Å²) in [7, 11) is -4.08. The van der Waals surface area contributed by atoms with Crippen molar-refractivity contribution in [1.29, 1.82) is 0 Å². The highest BCUT2D eigenvalue weighted by molar-refractivity contribution is 7.89. The normalized spacial score (nSPS) is 13.7. The minimum Gasteiger partial charge on any atom is -0.492 e. The lowest BCUT2D eigenvalue weighted by Crippen LogP contribution is -2.28. The molecule has 0 radical (unpaired) electrons. The molecule has 0 spiro atoms. The van der Waals surface area contributed by atoms with Crippen LogP contribution in [0.25, 0.3) is 0 Å². The first-order valence-electron chi connectivity index (χ1n) is 7.45. The Kier molecular flexibility index (Phi) is 4.97. The molecule has 0 saturated heterocycles. The van der Waals surface area contributed by atoms with Gasteiger partial charge in [0.2, 0.25) is 16.8 Å². The summed E-state index contributed by atoms with van der Waals surface area (Å²) >= 11 is 0. The number of hydrogen-bond acceptors (Lipinski definition) is 5. The zero-order chi connectivity index (χ0) is 18.8. The van der Waals surface area contributed by atoms with Crippen molar-refractivity contribution in [2.75, 3.05) is 19.9 Å². The first-order valence-corrected chi connectivity index (χ1v) is 8.93. The molecule has 1 N–H and O–H groups in total. The van der Waals surface area contributed by atoms with E-state index in [1.807, 2.05) is 0 Å². The minimum absolute atomic E-state index is 0.0160. The van der Waals surface area contributed by atoms with E-state index >= 15 is 0 Å². The van der Waals surface area contributed by atoms with Gasteiger partial charge in [-0.1, -0.05) is 6.07 Å². The van der Waals surface area contributed by atoms with Crippen LogP contribution >= 0.6 is 0 Å². The summed E-state index contributed by atoms with van der Waals surface area (Å²) in [5.74, 6) is 1.56. The standard InChI is InChI=1S/C16H14F3NO5S/c17-16(18,19)11-2-1-3-13(8-11)26(21,22)20-6-7-23-12-4-5-14-15(9-12)25-10-24-14/h1-5,8-9,20H,6-7,10H2. The van der Waals surface area contributed by atoms with Gasteiger partial charge >= 0.3 is 6.18 Å². The molecule has 1 aliphatic heterocycles. The number of fused-ring (bicyclic) bond motifs is 1. The third kappa shape index (κ3) is 4.20. The van der Waals surface area contributed by atoms with Crippen LogP contribution in [0.2, 0.25) is 0 Å². The number of alkyl halides is 3. The quantitative estimate of drug-likeness (QED) is 0.769. The number of rotatable bonds is 6. The molecule has 0 fully saturated rings. The van der Waals surface area contributed by atoms with Gasteiger partial charge in [-0.25, -0.2) is 13.1 Å². The monoisotopic (exact) mass is 389 g/mol. The van der Waals surface area contributed by atoms with E-state index in [1.54, 1.807) is 18.2 Å². The van der Waals surface area contributed by atoms with E-state index in [0.29, 0.717) is 23.3 Å². The summed E-state index contributed by atoms with van der Waals surface area (Å²) in [6.45, 7) is -0.0135. The second kappa shape index (κ2) is 7.04. The van der Waals surface area contributed by atoms with Gasteiger partial charge in [-0.3, -0.25) is 0 Å². The Morgan fingerprint density at radius 2 is 1.85 bits per heavy atom. The van der Waals surface area contributed by atoms with E-state index in [2.05, 4.69) is 4.72 Å². The Labute approximate surface area is 147 Å². The fraction of sp³-hybridized carbons (Fsp3) is 0.250. The van der Waals surface area contributed by atoms with Crippen molar-refractivity contribution in [2.45, 2.75) is 11.1 Å². The predicted octanol–water partition coefficient (Wildman–Crippen LogP) is 2.79. The smallest absolute Gasteiger partial charge is 0.416 e. The molecule has 2 aromatic rings. The molecule has 0 atom stereocenters. The van der Waals surface area contributed by atoms with Gasteiger partial charge in [0.05, 0.1) is 10.5 Å². The van der Waals surface area contributed by atoms with Crippen LogP contribution in [0.15, 0.2) is 47.4 Å². The van der Waals surface area contributed by atoms with Gasteiger partial charge < -0.3 is 14.2 Å². The lowest BCUT2D eigenvalue weighted by Gasteiger charge is -2.11. The first-order chi connectivity index (χ1) is 12.3. The Morgan fingerprint density at radius 1 is 1.08 bits per heavy atom. The van der Waals surface area contributed by atoms with E-state index in [1.165, 1.54) is 0 Å². The Hall–Kier alpha value is -2.46. The van der Waals surface area contributed by atoms with Crippen molar-refractivity contribution in [1.82, 2.24) is 4.72 Å². The molecule has 1 aliphatic rings. The predicted molar refractivity (Wildman–Crippen MR) is 84.7 cm³/mol. The van der Waals surface area contributed by atoms with E-state index in [4.69, 9.17) is 14.2 Å². The molecule has 3 rings (SSSR count). The zero-order valence-corrected chi connectivity index (χ0v) is 14.1. The van der Waals surface area contributed by atoms with Crippen molar-refractivity contribution in [3.63, 3.8) is 0 Å².